The van der Waals surface area contributed by atoms with Gasteiger partial charge in [-0.15, -0.1) is 0 Å². The van der Waals surface area contributed by atoms with E-state index in [0.717, 1.165) is 41.0 Å². The highest BCUT2D eigenvalue weighted by molar-refractivity contribution is 5.92. The van der Waals surface area contributed by atoms with Gasteiger partial charge in [0.2, 0.25) is 6.41 Å². The number of hydrazine groups is 1. The first-order valence-electron chi connectivity index (χ1n) is 14.8. The highest BCUT2D eigenvalue weighted by atomic mass is 19.3. The average Bonchev–Trinajstić information content (AvgIpc) is 3.00. The number of piperidine rings is 1. The molecule has 5 rings (SSSR count). The number of hydrogen-bond acceptors (Lipinski definition) is 9. The molecule has 2 fully saturated rings. The van der Waals surface area contributed by atoms with Crippen molar-refractivity contribution in [2.24, 2.45) is 0 Å². The molecule has 0 spiro atoms. The first-order chi connectivity index (χ1) is 20.8. The molecule has 0 bridgehead atoms. The zero-order valence-electron chi connectivity index (χ0n) is 25.0. The van der Waals surface area contributed by atoms with Gasteiger partial charge in [0.25, 0.3) is 5.92 Å². The predicted octanol–water partition coefficient (Wildman–Crippen LogP) is 4.63. The van der Waals surface area contributed by atoms with Gasteiger partial charge in [-0.25, -0.2) is 28.8 Å². The zero-order chi connectivity index (χ0) is 30.4. The minimum Gasteiger partial charge on any atom is -0.493 e. The standard InChI is InChI=1S/C31H40F2N6O4/c1-23(2)43-25-7-5-24(6-8-25)39(22-40)38-16-14-37(15-17-38)30-26-19-28(41-3)29(20-27(26)34-21-35-30)42-18-4-11-36-12-9-31(32,33)10-13-36/h5-8,19-23H,4,9-18H2,1-3H3. The number of hydrogen-bond donors (Lipinski definition) is 0. The molecule has 12 heteroatoms. The molecule has 3 aromatic rings. The minimum absolute atomic E-state index is 0.0785. The van der Waals surface area contributed by atoms with Gasteiger partial charge in [0.1, 0.15) is 17.9 Å². The highest BCUT2D eigenvalue weighted by Gasteiger charge is 2.33. The van der Waals surface area contributed by atoms with E-state index in [2.05, 4.69) is 19.8 Å². The molecule has 2 aliphatic rings. The number of piperazine rings is 1. The molecule has 0 radical (unpaired) electrons. The fourth-order valence-corrected chi connectivity index (χ4v) is 5.51. The van der Waals surface area contributed by atoms with Crippen molar-refractivity contribution < 1.29 is 27.8 Å². The lowest BCUT2D eigenvalue weighted by Crippen LogP contribution is -2.54. The van der Waals surface area contributed by atoms with Crippen LogP contribution in [0.15, 0.2) is 42.7 Å². The van der Waals surface area contributed by atoms with Gasteiger partial charge >= 0.3 is 0 Å². The smallest absolute Gasteiger partial charge is 0.250 e. The van der Waals surface area contributed by atoms with Gasteiger partial charge < -0.3 is 24.0 Å². The van der Waals surface area contributed by atoms with Crippen molar-refractivity contribution in [1.29, 1.82) is 0 Å². The minimum atomic E-state index is -2.54. The lowest BCUT2D eigenvalue weighted by molar-refractivity contribution is -0.110. The molecule has 0 unspecified atom stereocenters. The molecule has 2 aromatic carbocycles. The molecule has 0 N–H and O–H groups in total. The maximum Gasteiger partial charge on any atom is 0.250 e. The third-order valence-electron chi connectivity index (χ3n) is 7.80. The van der Waals surface area contributed by atoms with Gasteiger partial charge in [0.05, 0.1) is 31.0 Å². The molecule has 0 aliphatic carbocycles. The predicted molar refractivity (Wildman–Crippen MR) is 161 cm³/mol. The van der Waals surface area contributed by atoms with E-state index in [1.165, 1.54) is 0 Å². The molecule has 232 valence electrons. The normalized spacial score (nSPS) is 17.7. The lowest BCUT2D eigenvalue weighted by Gasteiger charge is -2.40. The summed E-state index contributed by atoms with van der Waals surface area (Å²) < 4.78 is 44.3. The zero-order valence-corrected chi connectivity index (χ0v) is 25.0. The Kier molecular flexibility index (Phi) is 9.76. The van der Waals surface area contributed by atoms with Gasteiger partial charge in [-0.3, -0.25) is 4.79 Å². The van der Waals surface area contributed by atoms with Crippen LogP contribution in [0.25, 0.3) is 10.9 Å². The van der Waals surface area contributed by atoms with E-state index < -0.39 is 5.92 Å². The number of amides is 1. The molecular weight excluding hydrogens is 558 g/mol. The molecule has 1 amide bonds. The van der Waals surface area contributed by atoms with Crippen LogP contribution >= 0.6 is 0 Å². The number of alkyl halides is 2. The molecule has 0 atom stereocenters. The summed E-state index contributed by atoms with van der Waals surface area (Å²) in [6, 6.07) is 11.3. The lowest BCUT2D eigenvalue weighted by atomic mass is 10.1. The van der Waals surface area contributed by atoms with Crippen LogP contribution in [0.5, 0.6) is 17.2 Å². The number of carbonyl (C=O) groups is 1. The number of carbonyl (C=O) groups excluding carboxylic acids is 1. The van der Waals surface area contributed by atoms with Crippen LogP contribution < -0.4 is 24.1 Å². The Labute approximate surface area is 251 Å². The molecule has 0 saturated carbocycles. The van der Waals surface area contributed by atoms with Crippen LogP contribution in [0, 0.1) is 0 Å². The van der Waals surface area contributed by atoms with Crippen molar-refractivity contribution in [2.45, 2.75) is 45.1 Å². The summed E-state index contributed by atoms with van der Waals surface area (Å²) in [5.74, 6) is 0.189. The second-order valence-corrected chi connectivity index (χ2v) is 11.2. The Bertz CT molecular complexity index is 1360. The summed E-state index contributed by atoms with van der Waals surface area (Å²) in [7, 11) is 1.60. The molecule has 3 heterocycles. The number of likely N-dealkylation sites (tertiary alicyclic amines) is 1. The summed E-state index contributed by atoms with van der Waals surface area (Å²) in [6.45, 7) is 8.50. The summed E-state index contributed by atoms with van der Waals surface area (Å²) in [4.78, 5) is 25.4. The molecule has 43 heavy (non-hydrogen) atoms. The van der Waals surface area contributed by atoms with Crippen molar-refractivity contribution >= 4 is 28.8 Å². The van der Waals surface area contributed by atoms with Gasteiger partial charge in [-0.2, -0.15) is 0 Å². The fraction of sp³-hybridized carbons (Fsp3) is 0.516. The van der Waals surface area contributed by atoms with E-state index in [1.54, 1.807) is 18.4 Å². The third-order valence-corrected chi connectivity index (χ3v) is 7.80. The van der Waals surface area contributed by atoms with Crippen molar-refractivity contribution in [1.82, 2.24) is 19.9 Å². The van der Waals surface area contributed by atoms with Gasteiger partial charge in [-0.05, 0) is 50.6 Å². The number of methoxy groups -OCH3 is 1. The summed E-state index contributed by atoms with van der Waals surface area (Å²) in [6.07, 6.45) is 3.02. The Morgan fingerprint density at radius 2 is 1.72 bits per heavy atom. The number of benzene rings is 2. The van der Waals surface area contributed by atoms with Crippen molar-refractivity contribution in [3.63, 3.8) is 0 Å². The van der Waals surface area contributed by atoms with Gasteiger partial charge in [-0.1, -0.05) is 0 Å². The van der Waals surface area contributed by atoms with E-state index in [4.69, 9.17) is 14.2 Å². The second kappa shape index (κ2) is 13.7. The largest absolute Gasteiger partial charge is 0.493 e. The Hall–Kier alpha value is -3.77. The van der Waals surface area contributed by atoms with Gasteiger partial charge in [0.15, 0.2) is 11.5 Å². The third kappa shape index (κ3) is 7.61. The van der Waals surface area contributed by atoms with Crippen LogP contribution in [0.2, 0.25) is 0 Å². The monoisotopic (exact) mass is 598 g/mol. The maximum atomic E-state index is 13.4. The first kappa shape index (κ1) is 30.7. The summed E-state index contributed by atoms with van der Waals surface area (Å²) in [5, 5.41) is 4.51. The second-order valence-electron chi connectivity index (χ2n) is 11.2. The first-order valence-corrected chi connectivity index (χ1v) is 14.8. The van der Waals surface area contributed by atoms with Crippen LogP contribution in [0.1, 0.15) is 33.1 Å². The topological polar surface area (TPSA) is 83.5 Å². The van der Waals surface area contributed by atoms with Crippen LogP contribution in [0.4, 0.5) is 20.3 Å². The Morgan fingerprint density at radius 3 is 2.37 bits per heavy atom. The molecule has 1 aromatic heterocycles. The van der Waals surface area contributed by atoms with E-state index in [-0.39, 0.29) is 18.9 Å². The summed E-state index contributed by atoms with van der Waals surface area (Å²) >= 11 is 0. The average molecular weight is 599 g/mol. The number of fused-ring (bicyclic) bond motifs is 1. The van der Waals surface area contributed by atoms with E-state index in [9.17, 15) is 13.6 Å². The quantitative estimate of drug-likeness (QED) is 0.219. The number of nitrogens with zero attached hydrogens (tertiary/aromatic N) is 6. The van der Waals surface area contributed by atoms with Crippen LogP contribution in [-0.2, 0) is 4.79 Å². The number of halogens is 2. The van der Waals surface area contributed by atoms with Crippen molar-refractivity contribution in [2.75, 3.05) is 69.4 Å². The fourth-order valence-electron chi connectivity index (χ4n) is 5.51. The van der Waals surface area contributed by atoms with E-state index >= 15 is 0 Å². The van der Waals surface area contributed by atoms with E-state index in [0.29, 0.717) is 63.9 Å². The van der Waals surface area contributed by atoms with Gasteiger partial charge in [0, 0.05) is 70.1 Å². The number of aromatic nitrogens is 2. The summed E-state index contributed by atoms with van der Waals surface area (Å²) in [5.41, 5.74) is 1.52. The van der Waals surface area contributed by atoms with Crippen LogP contribution in [0.3, 0.4) is 0 Å². The number of ether oxygens (including phenoxy) is 3. The maximum absolute atomic E-state index is 13.4. The van der Waals surface area contributed by atoms with Crippen molar-refractivity contribution in [3.8, 4) is 17.2 Å². The molecule has 10 nitrogen and oxygen atoms in total. The van der Waals surface area contributed by atoms with Crippen LogP contribution in [-0.4, -0.2) is 97.8 Å². The molecule has 2 saturated heterocycles. The van der Waals surface area contributed by atoms with E-state index in [1.807, 2.05) is 55.3 Å². The molecular formula is C31H40F2N6O4. The Balaban J connectivity index is 1.20. The Morgan fingerprint density at radius 1 is 1.00 bits per heavy atom. The molecule has 2 aliphatic heterocycles. The SMILES string of the molecule is COc1cc2c(N3CCN(N(C=O)c4ccc(OC(C)C)cc4)CC3)ncnc2cc1OCCCN1CCC(F)(F)CC1. The number of rotatable bonds is 12. The highest BCUT2D eigenvalue weighted by Crippen LogP contribution is 2.35. The number of anilines is 2. The van der Waals surface area contributed by atoms with Crippen molar-refractivity contribution in [3.05, 3.63) is 42.7 Å².